The molecule has 0 spiro atoms. The topological polar surface area (TPSA) is 123 Å². The molecule has 0 bridgehead atoms. The maximum atomic E-state index is 12.5. The summed E-state index contributed by atoms with van der Waals surface area (Å²) < 4.78 is 39.3. The number of carbonyl (C=O) groups excluding carboxylic acids is 1. The Morgan fingerprint density at radius 3 is 2.36 bits per heavy atom. The van der Waals surface area contributed by atoms with E-state index in [2.05, 4.69) is 35.9 Å². The lowest BCUT2D eigenvalue weighted by molar-refractivity contribution is 0.0992. The van der Waals surface area contributed by atoms with Crippen molar-refractivity contribution >= 4 is 43.5 Å². The standard InChI is InChI=1S/C22H17BrN4O5S/c23-15-2-6-17(7-3-15)31-14-18-8-11-20(32-18)21(28)26-16-4-9-19(10-5-16)33(29,30)27-22-24-12-1-13-25-22/h1-13H,14H2,(H,26,28)(H,24,25,27). The number of anilines is 2. The fraction of sp³-hybridized carbons (Fsp3) is 0.0455. The van der Waals surface area contributed by atoms with Crippen molar-refractivity contribution in [2.24, 2.45) is 0 Å². The third-order valence-corrected chi connectivity index (χ3v) is 6.17. The second-order valence-electron chi connectivity index (χ2n) is 6.66. The molecule has 11 heteroatoms. The minimum atomic E-state index is -3.86. The van der Waals surface area contributed by atoms with Gasteiger partial charge in [0.2, 0.25) is 5.95 Å². The van der Waals surface area contributed by atoms with Crippen molar-refractivity contribution in [2.75, 3.05) is 10.0 Å². The number of ether oxygens (including phenoxy) is 1. The molecule has 0 fully saturated rings. The van der Waals surface area contributed by atoms with Crippen LogP contribution in [0.1, 0.15) is 16.3 Å². The maximum absolute atomic E-state index is 12.5. The number of benzene rings is 2. The fourth-order valence-corrected chi connectivity index (χ4v) is 3.93. The predicted octanol–water partition coefficient (Wildman–Crippen LogP) is 4.46. The van der Waals surface area contributed by atoms with Crippen LogP contribution in [0.15, 0.2) is 92.9 Å². The van der Waals surface area contributed by atoms with Crippen LogP contribution >= 0.6 is 15.9 Å². The zero-order valence-electron chi connectivity index (χ0n) is 16.9. The van der Waals surface area contributed by atoms with E-state index in [0.717, 1.165) is 4.47 Å². The number of furan rings is 1. The van der Waals surface area contributed by atoms with Gasteiger partial charge < -0.3 is 14.5 Å². The molecule has 2 aromatic heterocycles. The molecule has 2 aromatic carbocycles. The van der Waals surface area contributed by atoms with Crippen LogP contribution in [0.25, 0.3) is 0 Å². The Morgan fingerprint density at radius 1 is 0.970 bits per heavy atom. The van der Waals surface area contributed by atoms with Gasteiger partial charge in [0.15, 0.2) is 5.76 Å². The monoisotopic (exact) mass is 528 g/mol. The number of nitrogens with zero attached hydrogens (tertiary/aromatic N) is 2. The molecule has 0 radical (unpaired) electrons. The van der Waals surface area contributed by atoms with Gasteiger partial charge in [-0.1, -0.05) is 15.9 Å². The van der Waals surface area contributed by atoms with E-state index < -0.39 is 15.9 Å². The van der Waals surface area contributed by atoms with Crippen molar-refractivity contribution in [3.05, 3.63) is 95.1 Å². The van der Waals surface area contributed by atoms with E-state index in [9.17, 15) is 13.2 Å². The average Bonchev–Trinajstić information content (AvgIpc) is 3.29. The molecule has 1 amide bonds. The molecule has 4 aromatic rings. The summed E-state index contributed by atoms with van der Waals surface area (Å²) >= 11 is 3.36. The molecule has 2 N–H and O–H groups in total. The highest BCUT2D eigenvalue weighted by Crippen LogP contribution is 2.20. The molecule has 0 atom stereocenters. The molecule has 2 heterocycles. The summed E-state index contributed by atoms with van der Waals surface area (Å²) in [7, 11) is -3.86. The second-order valence-corrected chi connectivity index (χ2v) is 9.26. The summed E-state index contributed by atoms with van der Waals surface area (Å²) in [6.45, 7) is 0.166. The summed E-state index contributed by atoms with van der Waals surface area (Å²) in [5.74, 6) is 0.746. The van der Waals surface area contributed by atoms with Gasteiger partial charge >= 0.3 is 0 Å². The summed E-state index contributed by atoms with van der Waals surface area (Å²) in [6, 6.07) is 17.8. The highest BCUT2D eigenvalue weighted by Gasteiger charge is 2.16. The molecular weight excluding hydrogens is 512 g/mol. The van der Waals surface area contributed by atoms with Crippen molar-refractivity contribution in [3.8, 4) is 5.75 Å². The van der Waals surface area contributed by atoms with E-state index in [0.29, 0.717) is 17.2 Å². The van der Waals surface area contributed by atoms with Crippen LogP contribution in [0, 0.1) is 0 Å². The summed E-state index contributed by atoms with van der Waals surface area (Å²) in [6.07, 6.45) is 2.85. The van der Waals surface area contributed by atoms with Gasteiger partial charge in [0, 0.05) is 22.6 Å². The van der Waals surface area contributed by atoms with Crippen molar-refractivity contribution in [1.82, 2.24) is 9.97 Å². The summed E-state index contributed by atoms with van der Waals surface area (Å²) in [4.78, 5) is 20.1. The molecule has 0 aliphatic rings. The Balaban J connectivity index is 1.35. The van der Waals surface area contributed by atoms with Gasteiger partial charge in [0.25, 0.3) is 15.9 Å². The maximum Gasteiger partial charge on any atom is 0.291 e. The highest BCUT2D eigenvalue weighted by molar-refractivity contribution is 9.10. The number of aromatic nitrogens is 2. The quantitative estimate of drug-likeness (QED) is 0.345. The third kappa shape index (κ3) is 5.96. The first-order valence-electron chi connectivity index (χ1n) is 9.57. The molecule has 33 heavy (non-hydrogen) atoms. The number of hydrogen-bond acceptors (Lipinski definition) is 7. The average molecular weight is 529 g/mol. The van der Waals surface area contributed by atoms with Crippen LogP contribution in [0.2, 0.25) is 0 Å². The molecule has 9 nitrogen and oxygen atoms in total. The number of hydrogen-bond donors (Lipinski definition) is 2. The first kappa shape index (κ1) is 22.5. The number of rotatable bonds is 8. The largest absolute Gasteiger partial charge is 0.486 e. The molecule has 0 aliphatic carbocycles. The molecular formula is C22H17BrN4O5S. The fourth-order valence-electron chi connectivity index (χ4n) is 2.70. The second kappa shape index (κ2) is 9.84. The van der Waals surface area contributed by atoms with Crippen molar-refractivity contribution in [3.63, 3.8) is 0 Å². The normalized spacial score (nSPS) is 11.1. The van der Waals surface area contributed by atoms with E-state index in [1.165, 1.54) is 42.7 Å². The Bertz CT molecular complexity index is 1340. The van der Waals surface area contributed by atoms with Gasteiger partial charge in [-0.15, -0.1) is 0 Å². The number of carbonyl (C=O) groups is 1. The van der Waals surface area contributed by atoms with Gasteiger partial charge in [-0.2, -0.15) is 0 Å². The molecule has 0 saturated carbocycles. The van der Waals surface area contributed by atoms with Crippen LogP contribution in [0.4, 0.5) is 11.6 Å². The van der Waals surface area contributed by atoms with Crippen LogP contribution in [-0.4, -0.2) is 24.3 Å². The first-order chi connectivity index (χ1) is 15.9. The Kier molecular flexibility index (Phi) is 6.71. The number of halogens is 1. The van der Waals surface area contributed by atoms with Crippen LogP contribution in [-0.2, 0) is 16.6 Å². The van der Waals surface area contributed by atoms with Crippen molar-refractivity contribution < 1.29 is 22.4 Å². The van der Waals surface area contributed by atoms with E-state index in [4.69, 9.17) is 9.15 Å². The molecule has 4 rings (SSSR count). The number of amides is 1. The Morgan fingerprint density at radius 2 is 1.67 bits per heavy atom. The zero-order valence-corrected chi connectivity index (χ0v) is 19.3. The van der Waals surface area contributed by atoms with Crippen LogP contribution in [0.3, 0.4) is 0 Å². The van der Waals surface area contributed by atoms with E-state index in [1.54, 1.807) is 12.1 Å². The van der Waals surface area contributed by atoms with Gasteiger partial charge in [-0.3, -0.25) is 4.79 Å². The molecule has 0 saturated heterocycles. The smallest absolute Gasteiger partial charge is 0.291 e. The highest BCUT2D eigenvalue weighted by atomic mass is 79.9. The lowest BCUT2D eigenvalue weighted by Crippen LogP contribution is -2.15. The third-order valence-electron chi connectivity index (χ3n) is 4.29. The van der Waals surface area contributed by atoms with E-state index in [-0.39, 0.29) is 23.2 Å². The lowest BCUT2D eigenvalue weighted by atomic mass is 10.3. The Labute approximate surface area is 198 Å². The molecule has 0 aliphatic heterocycles. The zero-order chi connectivity index (χ0) is 23.3. The SMILES string of the molecule is O=C(Nc1ccc(S(=O)(=O)Nc2ncccn2)cc1)c1ccc(COc2ccc(Br)cc2)o1. The van der Waals surface area contributed by atoms with Gasteiger partial charge in [-0.25, -0.2) is 23.1 Å². The Hall–Kier alpha value is -3.70. The van der Waals surface area contributed by atoms with Gasteiger partial charge in [0.1, 0.15) is 18.1 Å². The molecule has 168 valence electrons. The summed E-state index contributed by atoms with van der Waals surface area (Å²) in [5, 5.41) is 2.66. The predicted molar refractivity (Wildman–Crippen MR) is 124 cm³/mol. The number of nitrogens with one attached hydrogen (secondary N) is 2. The minimum absolute atomic E-state index is 0.00155. The van der Waals surface area contributed by atoms with Gasteiger partial charge in [0.05, 0.1) is 4.90 Å². The lowest BCUT2D eigenvalue weighted by Gasteiger charge is -2.08. The van der Waals surface area contributed by atoms with E-state index in [1.807, 2.05) is 24.3 Å². The number of sulfonamides is 1. The van der Waals surface area contributed by atoms with E-state index >= 15 is 0 Å². The van der Waals surface area contributed by atoms with Crippen molar-refractivity contribution in [2.45, 2.75) is 11.5 Å². The van der Waals surface area contributed by atoms with Crippen LogP contribution in [0.5, 0.6) is 5.75 Å². The minimum Gasteiger partial charge on any atom is -0.486 e. The summed E-state index contributed by atoms with van der Waals surface area (Å²) in [5.41, 5.74) is 0.402. The first-order valence-corrected chi connectivity index (χ1v) is 11.8. The van der Waals surface area contributed by atoms with Crippen molar-refractivity contribution in [1.29, 1.82) is 0 Å². The van der Waals surface area contributed by atoms with Gasteiger partial charge in [-0.05, 0) is 66.7 Å². The van der Waals surface area contributed by atoms with Crippen LogP contribution < -0.4 is 14.8 Å². The molecule has 0 unspecified atom stereocenters.